The summed E-state index contributed by atoms with van der Waals surface area (Å²) in [6.07, 6.45) is 0. The Morgan fingerprint density at radius 1 is 1.07 bits per heavy atom. The highest BCUT2D eigenvalue weighted by Crippen LogP contribution is 2.25. The number of nitrogens with one attached hydrogen (secondary N) is 1. The number of esters is 1. The van der Waals surface area contributed by atoms with Crippen LogP contribution in [0.2, 0.25) is 0 Å². The van der Waals surface area contributed by atoms with Gasteiger partial charge in [0, 0.05) is 6.04 Å². The van der Waals surface area contributed by atoms with Crippen molar-refractivity contribution in [2.24, 2.45) is 0 Å². The molecule has 2 aromatic rings. The summed E-state index contributed by atoms with van der Waals surface area (Å²) in [5.74, 6) is -0.560. The van der Waals surface area contributed by atoms with Gasteiger partial charge in [0.1, 0.15) is 0 Å². The zero-order valence-corrected chi connectivity index (χ0v) is 17.5. The molecule has 0 bridgehead atoms. The van der Waals surface area contributed by atoms with Crippen LogP contribution in [0.25, 0.3) is 0 Å². The molecule has 0 aliphatic heterocycles. The Labute approximate surface area is 161 Å². The SMILES string of the molecule is COC(=O)c1cc(S(=O)(=O)NC(C)c2ccc(C(C)(C)C)cc2)ccc1C. The Kier molecular flexibility index (Phi) is 6.12. The van der Waals surface area contributed by atoms with E-state index in [1.165, 1.54) is 24.8 Å². The molecule has 0 spiro atoms. The van der Waals surface area contributed by atoms with Gasteiger partial charge in [-0.2, -0.15) is 0 Å². The van der Waals surface area contributed by atoms with E-state index in [-0.39, 0.29) is 15.9 Å². The summed E-state index contributed by atoms with van der Waals surface area (Å²) < 4.78 is 32.9. The molecule has 0 radical (unpaired) electrons. The standard InChI is InChI=1S/C21H27NO4S/c1-14-7-12-18(13-19(14)20(23)26-6)27(24,25)22-15(2)16-8-10-17(11-9-16)21(3,4)5/h7-13,15,22H,1-6H3. The molecule has 0 aromatic heterocycles. The van der Waals surface area contributed by atoms with E-state index in [2.05, 4.69) is 25.5 Å². The van der Waals surface area contributed by atoms with Crippen molar-refractivity contribution in [1.82, 2.24) is 4.72 Å². The fourth-order valence-corrected chi connectivity index (χ4v) is 4.00. The van der Waals surface area contributed by atoms with Crippen molar-refractivity contribution >= 4 is 16.0 Å². The Bertz CT molecular complexity index is 926. The molecule has 1 unspecified atom stereocenters. The van der Waals surface area contributed by atoms with Gasteiger partial charge >= 0.3 is 5.97 Å². The normalized spacial score (nSPS) is 13.3. The van der Waals surface area contributed by atoms with Crippen LogP contribution in [0.1, 0.15) is 60.8 Å². The molecule has 0 saturated carbocycles. The number of carbonyl (C=O) groups is 1. The van der Waals surface area contributed by atoms with Gasteiger partial charge in [0.15, 0.2) is 0 Å². The van der Waals surface area contributed by atoms with Crippen LogP contribution in [-0.4, -0.2) is 21.5 Å². The van der Waals surface area contributed by atoms with Gasteiger partial charge in [-0.05, 0) is 48.1 Å². The minimum absolute atomic E-state index is 0.0339. The summed E-state index contributed by atoms with van der Waals surface area (Å²) in [6, 6.07) is 11.9. The second kappa shape index (κ2) is 7.82. The van der Waals surface area contributed by atoms with E-state index >= 15 is 0 Å². The molecule has 0 amide bonds. The van der Waals surface area contributed by atoms with Crippen LogP contribution < -0.4 is 4.72 Å². The smallest absolute Gasteiger partial charge is 0.338 e. The molecule has 5 nitrogen and oxygen atoms in total. The zero-order valence-electron chi connectivity index (χ0n) is 16.7. The summed E-state index contributed by atoms with van der Waals surface area (Å²) >= 11 is 0. The van der Waals surface area contributed by atoms with E-state index in [0.29, 0.717) is 5.56 Å². The van der Waals surface area contributed by atoms with E-state index in [1.54, 1.807) is 19.9 Å². The summed E-state index contributed by atoms with van der Waals surface area (Å²) in [5.41, 5.74) is 2.98. The van der Waals surface area contributed by atoms with Crippen molar-refractivity contribution in [3.8, 4) is 0 Å². The van der Waals surface area contributed by atoms with E-state index in [9.17, 15) is 13.2 Å². The van der Waals surface area contributed by atoms with Crippen LogP contribution in [0, 0.1) is 6.92 Å². The van der Waals surface area contributed by atoms with E-state index < -0.39 is 22.0 Å². The minimum atomic E-state index is -3.78. The second-order valence-corrected chi connectivity index (χ2v) is 9.40. The zero-order chi connectivity index (χ0) is 20.4. The van der Waals surface area contributed by atoms with Crippen LogP contribution >= 0.6 is 0 Å². The Balaban J connectivity index is 2.27. The fraction of sp³-hybridized carbons (Fsp3) is 0.381. The molecule has 0 aliphatic carbocycles. The van der Waals surface area contributed by atoms with Gasteiger partial charge < -0.3 is 4.74 Å². The van der Waals surface area contributed by atoms with Gasteiger partial charge in [-0.15, -0.1) is 0 Å². The first kappa shape index (κ1) is 21.1. The number of aryl methyl sites for hydroxylation is 1. The number of hydrogen-bond acceptors (Lipinski definition) is 4. The Morgan fingerprint density at radius 3 is 2.19 bits per heavy atom. The third kappa shape index (κ3) is 4.96. The van der Waals surface area contributed by atoms with Crippen LogP contribution in [-0.2, 0) is 20.2 Å². The summed E-state index contributed by atoms with van der Waals surface area (Å²) in [6.45, 7) is 9.91. The van der Waals surface area contributed by atoms with Gasteiger partial charge in [0.2, 0.25) is 10.0 Å². The molecular weight excluding hydrogens is 362 g/mol. The third-order valence-corrected chi connectivity index (χ3v) is 6.07. The summed E-state index contributed by atoms with van der Waals surface area (Å²) in [7, 11) is -2.52. The molecule has 0 fully saturated rings. The molecule has 0 aliphatic rings. The monoisotopic (exact) mass is 389 g/mol. The lowest BCUT2D eigenvalue weighted by Gasteiger charge is -2.21. The summed E-state index contributed by atoms with van der Waals surface area (Å²) in [5, 5.41) is 0. The molecule has 6 heteroatoms. The van der Waals surface area contributed by atoms with Crippen LogP contribution in [0.4, 0.5) is 0 Å². The highest BCUT2D eigenvalue weighted by Gasteiger charge is 2.21. The number of methoxy groups -OCH3 is 1. The Hall–Kier alpha value is -2.18. The van der Waals surface area contributed by atoms with Crippen molar-refractivity contribution in [3.05, 3.63) is 64.7 Å². The van der Waals surface area contributed by atoms with Crippen molar-refractivity contribution in [2.75, 3.05) is 7.11 Å². The number of rotatable bonds is 5. The van der Waals surface area contributed by atoms with Gasteiger partial charge in [-0.25, -0.2) is 17.9 Å². The predicted octanol–water partition coefficient (Wildman–Crippen LogP) is 4.12. The van der Waals surface area contributed by atoms with Gasteiger partial charge in [0.25, 0.3) is 0 Å². The van der Waals surface area contributed by atoms with E-state index in [0.717, 1.165) is 5.56 Å². The molecule has 146 valence electrons. The van der Waals surface area contributed by atoms with Crippen LogP contribution in [0.5, 0.6) is 0 Å². The lowest BCUT2D eigenvalue weighted by molar-refractivity contribution is 0.0599. The largest absolute Gasteiger partial charge is 0.465 e. The quantitative estimate of drug-likeness (QED) is 0.781. The highest BCUT2D eigenvalue weighted by atomic mass is 32.2. The van der Waals surface area contributed by atoms with Crippen molar-refractivity contribution in [2.45, 2.75) is 51.0 Å². The minimum Gasteiger partial charge on any atom is -0.465 e. The molecule has 1 N–H and O–H groups in total. The molecule has 1 atom stereocenters. The maximum Gasteiger partial charge on any atom is 0.338 e. The lowest BCUT2D eigenvalue weighted by Crippen LogP contribution is -2.27. The van der Waals surface area contributed by atoms with Crippen molar-refractivity contribution in [3.63, 3.8) is 0 Å². The van der Waals surface area contributed by atoms with E-state index in [1.807, 2.05) is 24.3 Å². The van der Waals surface area contributed by atoms with Gasteiger partial charge in [0.05, 0.1) is 17.6 Å². The maximum absolute atomic E-state index is 12.8. The number of hydrogen-bond donors (Lipinski definition) is 1. The number of sulfonamides is 1. The molecule has 27 heavy (non-hydrogen) atoms. The van der Waals surface area contributed by atoms with E-state index in [4.69, 9.17) is 4.74 Å². The second-order valence-electron chi connectivity index (χ2n) is 7.68. The first-order chi connectivity index (χ1) is 12.5. The third-order valence-electron chi connectivity index (χ3n) is 4.53. The topological polar surface area (TPSA) is 72.5 Å². The lowest BCUT2D eigenvalue weighted by atomic mass is 9.86. The van der Waals surface area contributed by atoms with Crippen LogP contribution in [0.15, 0.2) is 47.4 Å². The molecule has 2 rings (SSSR count). The first-order valence-corrected chi connectivity index (χ1v) is 10.3. The molecule has 0 heterocycles. The fourth-order valence-electron chi connectivity index (χ4n) is 2.74. The molecular formula is C21H27NO4S. The van der Waals surface area contributed by atoms with Gasteiger partial charge in [-0.3, -0.25) is 0 Å². The van der Waals surface area contributed by atoms with Gasteiger partial charge in [-0.1, -0.05) is 51.1 Å². The van der Waals surface area contributed by atoms with Crippen molar-refractivity contribution in [1.29, 1.82) is 0 Å². The highest BCUT2D eigenvalue weighted by molar-refractivity contribution is 7.89. The Morgan fingerprint density at radius 2 is 1.67 bits per heavy atom. The number of carbonyl (C=O) groups excluding carboxylic acids is 1. The average Bonchev–Trinajstić information content (AvgIpc) is 2.60. The van der Waals surface area contributed by atoms with Crippen molar-refractivity contribution < 1.29 is 17.9 Å². The predicted molar refractivity (Wildman–Crippen MR) is 106 cm³/mol. The maximum atomic E-state index is 12.8. The number of ether oxygens (including phenoxy) is 1. The molecule has 2 aromatic carbocycles. The van der Waals surface area contributed by atoms with Crippen LogP contribution in [0.3, 0.4) is 0 Å². The average molecular weight is 390 g/mol. The first-order valence-electron chi connectivity index (χ1n) is 8.77. The molecule has 0 saturated heterocycles. The summed E-state index contributed by atoms with van der Waals surface area (Å²) in [4.78, 5) is 11.9. The number of benzene rings is 2.